The van der Waals surface area contributed by atoms with Gasteiger partial charge >= 0.3 is 6.09 Å². The number of benzene rings is 1. The van der Waals surface area contributed by atoms with E-state index in [1.807, 2.05) is 32.9 Å². The van der Waals surface area contributed by atoms with Crippen LogP contribution in [0.4, 0.5) is 4.79 Å². The number of hydrogen-bond acceptors (Lipinski definition) is 5. The van der Waals surface area contributed by atoms with Crippen molar-refractivity contribution in [2.75, 3.05) is 26.2 Å². The largest absolute Gasteiger partial charge is 0.505 e. The smallest absolute Gasteiger partial charge is 0.410 e. The minimum absolute atomic E-state index is 0.116. The highest BCUT2D eigenvalue weighted by atomic mass is 16.6. The fraction of sp³-hybridized carbons (Fsp3) is 0.476. The number of pyridine rings is 1. The Bertz CT molecular complexity index is 964. The van der Waals surface area contributed by atoms with Crippen LogP contribution in [-0.2, 0) is 4.74 Å². The zero-order valence-corrected chi connectivity index (χ0v) is 16.5. The lowest BCUT2D eigenvalue weighted by Gasteiger charge is -2.37. The third kappa shape index (κ3) is 2.95. The van der Waals surface area contributed by atoms with Crippen LogP contribution in [0, 0.1) is 13.8 Å². The van der Waals surface area contributed by atoms with Crippen molar-refractivity contribution < 1.29 is 19.4 Å². The fourth-order valence-corrected chi connectivity index (χ4v) is 4.21. The third-order valence-electron chi connectivity index (χ3n) is 5.95. The Morgan fingerprint density at radius 2 is 1.96 bits per heavy atom. The number of aromatic nitrogens is 1. The van der Waals surface area contributed by atoms with Gasteiger partial charge in [0.2, 0.25) is 0 Å². The molecular formula is C21H25N3O4. The van der Waals surface area contributed by atoms with Gasteiger partial charge in [0, 0.05) is 37.9 Å². The zero-order chi connectivity index (χ0) is 20.1. The summed E-state index contributed by atoms with van der Waals surface area (Å²) in [6.45, 7) is 7.97. The van der Waals surface area contributed by atoms with E-state index in [2.05, 4.69) is 4.98 Å². The van der Waals surface area contributed by atoms with E-state index in [0.29, 0.717) is 50.2 Å². The molecule has 1 N–H and O–H groups in total. The van der Waals surface area contributed by atoms with E-state index in [4.69, 9.17) is 4.74 Å². The number of likely N-dealkylation sites (tertiary alicyclic amines) is 1. The first kappa shape index (κ1) is 18.5. The monoisotopic (exact) mass is 383 g/mol. The number of aromatic hydroxyl groups is 1. The van der Waals surface area contributed by atoms with Crippen molar-refractivity contribution in [2.45, 2.75) is 39.2 Å². The summed E-state index contributed by atoms with van der Waals surface area (Å²) in [5, 5.41) is 11.2. The van der Waals surface area contributed by atoms with E-state index in [-0.39, 0.29) is 17.7 Å². The van der Waals surface area contributed by atoms with E-state index in [0.717, 1.165) is 16.5 Å². The molecule has 4 rings (SSSR count). The van der Waals surface area contributed by atoms with E-state index in [1.165, 1.54) is 0 Å². The maximum Gasteiger partial charge on any atom is 0.410 e. The maximum absolute atomic E-state index is 13.0. The summed E-state index contributed by atoms with van der Waals surface area (Å²) in [6.07, 6.45) is 0.982. The summed E-state index contributed by atoms with van der Waals surface area (Å²) in [5.74, 6) is -0.0441. The fourth-order valence-electron chi connectivity index (χ4n) is 4.21. The number of phenolic OH excluding ortho intramolecular Hbond substituents is 1. The first-order chi connectivity index (χ1) is 13.3. The van der Waals surface area contributed by atoms with Gasteiger partial charge in [-0.05, 0) is 38.0 Å². The van der Waals surface area contributed by atoms with Gasteiger partial charge in [-0.2, -0.15) is 0 Å². The summed E-state index contributed by atoms with van der Waals surface area (Å²) < 4.78 is 5.63. The van der Waals surface area contributed by atoms with Crippen molar-refractivity contribution in [3.05, 3.63) is 35.0 Å². The van der Waals surface area contributed by atoms with Crippen LogP contribution in [0.2, 0.25) is 0 Å². The first-order valence-corrected chi connectivity index (χ1v) is 9.71. The summed E-state index contributed by atoms with van der Waals surface area (Å²) in [4.78, 5) is 32.8. The highest BCUT2D eigenvalue weighted by Gasteiger charge is 2.47. The number of nitrogens with zero attached hydrogens (tertiary/aromatic N) is 3. The van der Waals surface area contributed by atoms with Gasteiger partial charge in [0.25, 0.3) is 5.91 Å². The second-order valence-corrected chi connectivity index (χ2v) is 7.81. The number of carbonyl (C=O) groups excluding carboxylic acids is 2. The molecule has 0 saturated carbocycles. The van der Waals surface area contributed by atoms with E-state index >= 15 is 0 Å². The third-order valence-corrected chi connectivity index (χ3v) is 5.95. The summed E-state index contributed by atoms with van der Waals surface area (Å²) in [7, 11) is 0. The normalized spacial score (nSPS) is 18.8. The number of amides is 2. The van der Waals surface area contributed by atoms with Gasteiger partial charge in [-0.1, -0.05) is 12.1 Å². The molecular weight excluding hydrogens is 358 g/mol. The van der Waals surface area contributed by atoms with E-state index in [1.54, 1.807) is 15.9 Å². The molecule has 7 nitrogen and oxygen atoms in total. The lowest BCUT2D eigenvalue weighted by atomic mass is 9.91. The molecule has 1 aromatic carbocycles. The van der Waals surface area contributed by atoms with E-state index in [9.17, 15) is 14.7 Å². The van der Waals surface area contributed by atoms with Crippen molar-refractivity contribution in [2.24, 2.45) is 0 Å². The highest BCUT2D eigenvalue weighted by Crippen LogP contribution is 2.34. The average Bonchev–Trinajstić information content (AvgIpc) is 3.00. The maximum atomic E-state index is 13.0. The van der Waals surface area contributed by atoms with Crippen LogP contribution in [0.5, 0.6) is 5.75 Å². The van der Waals surface area contributed by atoms with Gasteiger partial charge in [-0.25, -0.2) is 9.78 Å². The molecule has 7 heteroatoms. The lowest BCUT2D eigenvalue weighted by Crippen LogP contribution is -2.48. The minimum Gasteiger partial charge on any atom is -0.505 e. The average molecular weight is 383 g/mol. The number of likely N-dealkylation sites (N-methyl/N-ethyl adjacent to an activating group) is 1. The number of fused-ring (bicyclic) bond motifs is 1. The van der Waals surface area contributed by atoms with Gasteiger partial charge in [-0.3, -0.25) is 4.79 Å². The Balaban J connectivity index is 1.53. The van der Waals surface area contributed by atoms with E-state index < -0.39 is 5.60 Å². The number of rotatable bonds is 2. The molecule has 2 fully saturated rings. The summed E-state index contributed by atoms with van der Waals surface area (Å²) in [6, 6.07) is 5.46. The first-order valence-electron chi connectivity index (χ1n) is 9.71. The molecule has 0 bridgehead atoms. The quantitative estimate of drug-likeness (QED) is 0.862. The molecule has 0 unspecified atom stereocenters. The molecule has 28 heavy (non-hydrogen) atoms. The Morgan fingerprint density at radius 1 is 1.25 bits per heavy atom. The second kappa shape index (κ2) is 6.65. The SMILES string of the molecule is CCN1CC2(CCN(C(=O)c3ccc4c(C)cc(C)c(O)c4n3)CC2)OC1=O. The predicted octanol–water partition coefficient (Wildman–Crippen LogP) is 3.00. The van der Waals surface area contributed by atoms with Gasteiger partial charge in [0.05, 0.1) is 6.54 Å². The molecule has 2 aromatic rings. The number of phenols is 1. The summed E-state index contributed by atoms with van der Waals surface area (Å²) >= 11 is 0. The Hall–Kier alpha value is -2.83. The molecule has 0 atom stereocenters. The van der Waals surface area contributed by atoms with Crippen molar-refractivity contribution in [1.82, 2.24) is 14.8 Å². The molecule has 1 aromatic heterocycles. The Morgan fingerprint density at radius 3 is 2.61 bits per heavy atom. The van der Waals surface area contributed by atoms with Crippen LogP contribution in [0.3, 0.4) is 0 Å². The molecule has 2 amide bonds. The number of aryl methyl sites for hydroxylation is 2. The lowest BCUT2D eigenvalue weighted by molar-refractivity contribution is 0.00298. The number of piperidine rings is 1. The number of ether oxygens (including phenoxy) is 1. The molecule has 2 saturated heterocycles. The molecule has 148 valence electrons. The van der Waals surface area contributed by atoms with Gasteiger partial charge in [-0.15, -0.1) is 0 Å². The zero-order valence-electron chi connectivity index (χ0n) is 16.5. The number of carbonyl (C=O) groups is 2. The minimum atomic E-state index is -0.479. The van der Waals surface area contributed by atoms with Crippen LogP contribution < -0.4 is 0 Å². The van der Waals surface area contributed by atoms with Crippen LogP contribution in [-0.4, -0.2) is 63.7 Å². The molecule has 1 spiro atoms. The van der Waals surface area contributed by atoms with Crippen LogP contribution in [0.15, 0.2) is 18.2 Å². The molecule has 0 radical (unpaired) electrons. The molecule has 3 heterocycles. The molecule has 2 aliphatic heterocycles. The standard InChI is InChI=1S/C21H25N3O4/c1-4-23-12-21(28-20(23)27)7-9-24(10-8-21)19(26)16-6-5-15-13(2)11-14(3)18(25)17(15)22-16/h5-6,11,25H,4,7-10,12H2,1-3H3. The summed E-state index contributed by atoms with van der Waals surface area (Å²) in [5.41, 5.74) is 2.06. The van der Waals surface area contributed by atoms with Crippen molar-refractivity contribution in [3.8, 4) is 5.75 Å². The number of hydrogen-bond donors (Lipinski definition) is 1. The van der Waals surface area contributed by atoms with Crippen molar-refractivity contribution >= 4 is 22.9 Å². The van der Waals surface area contributed by atoms with Gasteiger partial charge in [0.15, 0.2) is 0 Å². The topological polar surface area (TPSA) is 83.0 Å². The predicted molar refractivity (Wildman–Crippen MR) is 104 cm³/mol. The molecule has 0 aliphatic carbocycles. The van der Waals surface area contributed by atoms with Crippen LogP contribution in [0.25, 0.3) is 10.9 Å². The Kier molecular flexibility index (Phi) is 4.40. The van der Waals surface area contributed by atoms with Crippen LogP contribution in [0.1, 0.15) is 41.4 Å². The highest BCUT2D eigenvalue weighted by molar-refractivity contribution is 5.97. The Labute approximate surface area is 163 Å². The van der Waals surface area contributed by atoms with Gasteiger partial charge < -0.3 is 19.6 Å². The van der Waals surface area contributed by atoms with Crippen LogP contribution >= 0.6 is 0 Å². The second-order valence-electron chi connectivity index (χ2n) is 7.81. The molecule has 2 aliphatic rings. The van der Waals surface area contributed by atoms with Crippen molar-refractivity contribution in [3.63, 3.8) is 0 Å². The van der Waals surface area contributed by atoms with Gasteiger partial charge in [0.1, 0.15) is 22.6 Å². The van der Waals surface area contributed by atoms with Crippen molar-refractivity contribution in [1.29, 1.82) is 0 Å².